The summed E-state index contributed by atoms with van der Waals surface area (Å²) < 4.78 is 51.6. The number of unbranched alkanes of at least 4 members (excludes halogenated alkanes) is 6. The van der Waals surface area contributed by atoms with Crippen LogP contribution >= 0.6 is 0 Å². The van der Waals surface area contributed by atoms with E-state index in [0.717, 1.165) is 19.3 Å². The number of nitrogens with one attached hydrogen (secondary N) is 1. The van der Waals surface area contributed by atoms with Crippen molar-refractivity contribution in [2.24, 2.45) is 0 Å². The van der Waals surface area contributed by atoms with Crippen LogP contribution < -0.4 is 5.32 Å². The lowest BCUT2D eigenvalue weighted by atomic mass is 10.1. The molecule has 0 atom stereocenters. The van der Waals surface area contributed by atoms with Crippen molar-refractivity contribution >= 4 is 5.91 Å². The van der Waals surface area contributed by atoms with Crippen molar-refractivity contribution < 1.29 is 22.4 Å². The summed E-state index contributed by atoms with van der Waals surface area (Å²) in [5.41, 5.74) is -1.78. The maximum atomic E-state index is 13.1. The van der Waals surface area contributed by atoms with E-state index < -0.39 is 29.0 Å². The topological polar surface area (TPSA) is 29.1 Å². The molecule has 1 rings (SSSR count). The van der Waals surface area contributed by atoms with Crippen molar-refractivity contribution in [3.63, 3.8) is 0 Å². The highest BCUT2D eigenvalue weighted by Gasteiger charge is 2.35. The van der Waals surface area contributed by atoms with Crippen LogP contribution in [0.25, 0.3) is 0 Å². The molecule has 0 aliphatic heterocycles. The fourth-order valence-corrected chi connectivity index (χ4v) is 2.33. The van der Waals surface area contributed by atoms with Crippen molar-refractivity contribution in [2.45, 2.75) is 58.0 Å². The zero-order valence-electron chi connectivity index (χ0n) is 13.3. The van der Waals surface area contributed by atoms with E-state index in [2.05, 4.69) is 12.2 Å². The predicted molar refractivity (Wildman–Crippen MR) is 81.7 cm³/mol. The Labute approximate surface area is 134 Å². The standard InChI is InChI=1S/C17H23F4NO/c1-2-3-4-5-6-7-8-11-22-16(23)14-12-13(18)9-10-15(14)17(19,20)21/h9-10,12H,2-8,11H2,1H3,(H,22,23). The van der Waals surface area contributed by atoms with E-state index in [1.165, 1.54) is 19.3 Å². The monoisotopic (exact) mass is 333 g/mol. The second-order valence-corrected chi connectivity index (χ2v) is 5.56. The molecule has 1 aromatic rings. The number of hydrogen-bond acceptors (Lipinski definition) is 1. The van der Waals surface area contributed by atoms with E-state index in [4.69, 9.17) is 0 Å². The van der Waals surface area contributed by atoms with Gasteiger partial charge in [0, 0.05) is 6.54 Å². The summed E-state index contributed by atoms with van der Waals surface area (Å²) in [6.45, 7) is 2.43. The molecule has 0 heterocycles. The van der Waals surface area contributed by atoms with Gasteiger partial charge in [0.05, 0.1) is 11.1 Å². The molecule has 0 unspecified atom stereocenters. The van der Waals surface area contributed by atoms with Gasteiger partial charge in [0.25, 0.3) is 5.91 Å². The molecule has 1 N–H and O–H groups in total. The van der Waals surface area contributed by atoms with E-state index in [0.29, 0.717) is 31.2 Å². The number of rotatable bonds is 9. The van der Waals surface area contributed by atoms with Gasteiger partial charge >= 0.3 is 6.18 Å². The molecule has 23 heavy (non-hydrogen) atoms. The SMILES string of the molecule is CCCCCCCCCNC(=O)c1cc(F)ccc1C(F)(F)F. The molecule has 0 saturated carbocycles. The second-order valence-electron chi connectivity index (χ2n) is 5.56. The number of hydrogen-bond donors (Lipinski definition) is 1. The van der Waals surface area contributed by atoms with Crippen LogP contribution in [0.2, 0.25) is 0 Å². The summed E-state index contributed by atoms with van der Waals surface area (Å²) in [7, 11) is 0. The second kappa shape index (κ2) is 9.53. The van der Waals surface area contributed by atoms with Gasteiger partial charge in [-0.1, -0.05) is 45.4 Å². The van der Waals surface area contributed by atoms with Crippen LogP contribution in [0.5, 0.6) is 0 Å². The minimum absolute atomic E-state index is 0.292. The van der Waals surface area contributed by atoms with Crippen molar-refractivity contribution in [2.75, 3.05) is 6.54 Å². The Balaban J connectivity index is 2.45. The van der Waals surface area contributed by atoms with Crippen LogP contribution in [-0.4, -0.2) is 12.5 Å². The third kappa shape index (κ3) is 7.01. The van der Waals surface area contributed by atoms with Gasteiger partial charge in [0.2, 0.25) is 0 Å². The third-order valence-corrected chi connectivity index (χ3v) is 3.60. The normalized spacial score (nSPS) is 11.5. The van der Waals surface area contributed by atoms with Crippen LogP contribution in [0.4, 0.5) is 17.6 Å². The van der Waals surface area contributed by atoms with E-state index in [1.54, 1.807) is 0 Å². The molecule has 0 radical (unpaired) electrons. The van der Waals surface area contributed by atoms with Crippen LogP contribution in [0, 0.1) is 5.82 Å². The van der Waals surface area contributed by atoms with Crippen molar-refractivity contribution in [3.8, 4) is 0 Å². The van der Waals surface area contributed by atoms with E-state index in [-0.39, 0.29) is 0 Å². The zero-order valence-corrected chi connectivity index (χ0v) is 13.3. The Kier molecular flexibility index (Phi) is 8.06. The molecule has 130 valence electrons. The van der Waals surface area contributed by atoms with Crippen LogP contribution in [0.15, 0.2) is 18.2 Å². The number of carbonyl (C=O) groups excluding carboxylic acids is 1. The van der Waals surface area contributed by atoms with Crippen molar-refractivity contribution in [3.05, 3.63) is 35.1 Å². The highest BCUT2D eigenvalue weighted by molar-refractivity contribution is 5.95. The summed E-state index contributed by atoms with van der Waals surface area (Å²) >= 11 is 0. The molecule has 0 bridgehead atoms. The number of carbonyl (C=O) groups is 1. The van der Waals surface area contributed by atoms with Crippen molar-refractivity contribution in [1.82, 2.24) is 5.32 Å². The molecule has 1 aromatic carbocycles. The minimum Gasteiger partial charge on any atom is -0.352 e. The predicted octanol–water partition coefficient (Wildman–Crippen LogP) is 5.32. The number of halogens is 4. The van der Waals surface area contributed by atoms with E-state index in [1.807, 2.05) is 0 Å². The summed E-state index contributed by atoms with van der Waals surface area (Å²) in [5, 5.41) is 2.44. The van der Waals surface area contributed by atoms with Crippen molar-refractivity contribution in [1.29, 1.82) is 0 Å². The lowest BCUT2D eigenvalue weighted by molar-refractivity contribution is -0.138. The lowest BCUT2D eigenvalue weighted by Gasteiger charge is -2.13. The third-order valence-electron chi connectivity index (χ3n) is 3.60. The largest absolute Gasteiger partial charge is 0.417 e. The fraction of sp³-hybridized carbons (Fsp3) is 0.588. The molecular formula is C17H23F4NO. The Hall–Kier alpha value is -1.59. The number of benzene rings is 1. The van der Waals surface area contributed by atoms with Gasteiger partial charge in [-0.3, -0.25) is 4.79 Å². The molecule has 6 heteroatoms. The Morgan fingerprint density at radius 2 is 1.65 bits per heavy atom. The van der Waals surface area contributed by atoms with Gasteiger partial charge in [0.1, 0.15) is 5.82 Å². The first-order chi connectivity index (χ1) is 10.9. The molecule has 0 saturated heterocycles. The molecular weight excluding hydrogens is 310 g/mol. The minimum atomic E-state index is -4.68. The van der Waals surface area contributed by atoms with Crippen LogP contribution in [0.3, 0.4) is 0 Å². The Morgan fingerprint density at radius 1 is 1.04 bits per heavy atom. The zero-order chi connectivity index (χ0) is 17.3. The summed E-state index contributed by atoms with van der Waals surface area (Å²) in [6, 6.07) is 1.93. The number of amides is 1. The highest BCUT2D eigenvalue weighted by atomic mass is 19.4. The quantitative estimate of drug-likeness (QED) is 0.480. The first kappa shape index (κ1) is 19.5. The Morgan fingerprint density at radius 3 is 2.26 bits per heavy atom. The van der Waals surface area contributed by atoms with Gasteiger partial charge in [-0.2, -0.15) is 13.2 Å². The molecule has 0 fully saturated rings. The van der Waals surface area contributed by atoms with E-state index in [9.17, 15) is 22.4 Å². The Bertz CT molecular complexity index is 500. The maximum Gasteiger partial charge on any atom is 0.417 e. The van der Waals surface area contributed by atoms with Gasteiger partial charge in [0.15, 0.2) is 0 Å². The molecule has 0 aromatic heterocycles. The first-order valence-electron chi connectivity index (χ1n) is 8.01. The molecule has 0 aliphatic carbocycles. The number of alkyl halides is 3. The van der Waals surface area contributed by atoms with Crippen LogP contribution in [0.1, 0.15) is 67.8 Å². The lowest BCUT2D eigenvalue weighted by Crippen LogP contribution is -2.27. The molecule has 1 amide bonds. The van der Waals surface area contributed by atoms with Crippen LogP contribution in [-0.2, 0) is 6.18 Å². The van der Waals surface area contributed by atoms with Gasteiger partial charge in [-0.05, 0) is 24.6 Å². The van der Waals surface area contributed by atoms with Gasteiger partial charge in [-0.15, -0.1) is 0 Å². The molecule has 0 aliphatic rings. The average Bonchev–Trinajstić information content (AvgIpc) is 2.48. The maximum absolute atomic E-state index is 13.1. The first-order valence-corrected chi connectivity index (χ1v) is 8.01. The average molecular weight is 333 g/mol. The van der Waals surface area contributed by atoms with E-state index >= 15 is 0 Å². The van der Waals surface area contributed by atoms with Gasteiger partial charge in [-0.25, -0.2) is 4.39 Å². The summed E-state index contributed by atoms with van der Waals surface area (Å²) in [6.07, 6.45) is 2.67. The van der Waals surface area contributed by atoms with Gasteiger partial charge < -0.3 is 5.32 Å². The highest BCUT2D eigenvalue weighted by Crippen LogP contribution is 2.32. The molecule has 2 nitrogen and oxygen atoms in total. The molecule has 0 spiro atoms. The smallest absolute Gasteiger partial charge is 0.352 e. The summed E-state index contributed by atoms with van der Waals surface area (Å²) in [5.74, 6) is -1.75. The fourth-order valence-electron chi connectivity index (χ4n) is 2.33. The summed E-state index contributed by atoms with van der Waals surface area (Å²) in [4.78, 5) is 11.9.